The largest absolute Gasteiger partial charge is 0.337 e. The Balaban J connectivity index is 1.18. The van der Waals surface area contributed by atoms with Gasteiger partial charge in [-0.3, -0.25) is 9.78 Å². The highest BCUT2D eigenvalue weighted by Crippen LogP contribution is 2.45. The van der Waals surface area contributed by atoms with Gasteiger partial charge in [-0.25, -0.2) is 4.39 Å². The standard InChI is InChI=1S/C25H24FN3O/c26-23-12-19(17-8-10-27-11-9-17)6-7-20(23)15-28-21-13-25(30)29(16-21)24-14-22(24)18-4-2-1-3-5-18/h1-12,21-22,24,28H,13-16H2. The molecule has 4 nitrogen and oxygen atoms in total. The third-order valence-corrected chi connectivity index (χ3v) is 6.19. The minimum atomic E-state index is -0.232. The molecule has 1 saturated heterocycles. The van der Waals surface area contributed by atoms with E-state index in [0.717, 1.165) is 17.5 Å². The average molecular weight is 401 g/mol. The number of pyridine rings is 1. The Bertz CT molecular complexity index is 1040. The predicted octanol–water partition coefficient (Wildman–Crippen LogP) is 4.13. The SMILES string of the molecule is O=C1CC(NCc2ccc(-c3ccncc3)cc2F)CN1C1CC1c1ccccc1. The lowest BCUT2D eigenvalue weighted by molar-refractivity contribution is -0.128. The van der Waals surface area contributed by atoms with Gasteiger partial charge in [0.05, 0.1) is 0 Å². The minimum Gasteiger partial charge on any atom is -0.337 e. The molecule has 5 heteroatoms. The Morgan fingerprint density at radius 3 is 2.60 bits per heavy atom. The van der Waals surface area contributed by atoms with Crippen LogP contribution < -0.4 is 5.32 Å². The van der Waals surface area contributed by atoms with Gasteiger partial charge in [-0.1, -0.05) is 42.5 Å². The zero-order valence-electron chi connectivity index (χ0n) is 16.7. The zero-order chi connectivity index (χ0) is 20.5. The molecule has 152 valence electrons. The Kier molecular flexibility index (Phi) is 5.05. The van der Waals surface area contributed by atoms with Crippen LogP contribution in [0.3, 0.4) is 0 Å². The monoisotopic (exact) mass is 401 g/mol. The van der Waals surface area contributed by atoms with Gasteiger partial charge >= 0.3 is 0 Å². The van der Waals surface area contributed by atoms with Crippen LogP contribution in [0.1, 0.15) is 29.9 Å². The summed E-state index contributed by atoms with van der Waals surface area (Å²) >= 11 is 0. The van der Waals surface area contributed by atoms with Crippen molar-refractivity contribution in [1.82, 2.24) is 15.2 Å². The summed E-state index contributed by atoms with van der Waals surface area (Å²) in [7, 11) is 0. The van der Waals surface area contributed by atoms with Crippen LogP contribution in [0, 0.1) is 5.82 Å². The van der Waals surface area contributed by atoms with Crippen LogP contribution >= 0.6 is 0 Å². The molecule has 2 fully saturated rings. The molecule has 1 saturated carbocycles. The van der Waals surface area contributed by atoms with Crippen LogP contribution in [0.5, 0.6) is 0 Å². The quantitative estimate of drug-likeness (QED) is 0.675. The molecule has 5 rings (SSSR count). The molecule has 0 radical (unpaired) electrons. The zero-order valence-corrected chi connectivity index (χ0v) is 16.7. The molecule has 30 heavy (non-hydrogen) atoms. The first-order valence-electron chi connectivity index (χ1n) is 10.5. The molecule has 1 amide bonds. The van der Waals surface area contributed by atoms with Crippen molar-refractivity contribution in [2.75, 3.05) is 6.54 Å². The fraction of sp³-hybridized carbons (Fsp3) is 0.280. The van der Waals surface area contributed by atoms with Crippen molar-refractivity contribution < 1.29 is 9.18 Å². The van der Waals surface area contributed by atoms with E-state index in [1.807, 2.05) is 35.2 Å². The van der Waals surface area contributed by atoms with E-state index in [4.69, 9.17) is 0 Å². The third kappa shape index (κ3) is 3.85. The number of halogens is 1. The molecule has 2 aromatic carbocycles. The van der Waals surface area contributed by atoms with E-state index >= 15 is 0 Å². The fourth-order valence-corrected chi connectivity index (χ4v) is 4.44. The maximum absolute atomic E-state index is 14.6. The van der Waals surface area contributed by atoms with Crippen LogP contribution in [0.15, 0.2) is 73.1 Å². The Morgan fingerprint density at radius 1 is 1.03 bits per heavy atom. The molecule has 2 heterocycles. The first kappa shape index (κ1) is 18.9. The molecule has 0 bridgehead atoms. The molecule has 1 aliphatic carbocycles. The highest BCUT2D eigenvalue weighted by molar-refractivity contribution is 5.80. The molecule has 1 aromatic heterocycles. The molecule has 2 aliphatic rings. The number of likely N-dealkylation sites (tertiary alicyclic amines) is 1. The number of nitrogens with one attached hydrogen (secondary N) is 1. The molecular weight excluding hydrogens is 377 g/mol. The van der Waals surface area contributed by atoms with Gasteiger partial charge in [0.15, 0.2) is 0 Å². The third-order valence-electron chi connectivity index (χ3n) is 6.19. The first-order valence-corrected chi connectivity index (χ1v) is 10.5. The predicted molar refractivity (Wildman–Crippen MR) is 114 cm³/mol. The minimum absolute atomic E-state index is 0.0637. The maximum atomic E-state index is 14.6. The molecule has 0 spiro atoms. The van der Waals surface area contributed by atoms with Crippen LogP contribution in [0.2, 0.25) is 0 Å². The van der Waals surface area contributed by atoms with E-state index in [9.17, 15) is 9.18 Å². The summed E-state index contributed by atoms with van der Waals surface area (Å²) in [6.45, 7) is 1.12. The molecule has 3 aromatic rings. The van der Waals surface area contributed by atoms with E-state index in [1.165, 1.54) is 5.56 Å². The lowest BCUT2D eigenvalue weighted by Crippen LogP contribution is -2.34. The van der Waals surface area contributed by atoms with Gasteiger partial charge in [-0.15, -0.1) is 0 Å². The number of rotatable bonds is 6. The first-order chi connectivity index (χ1) is 14.7. The second-order valence-corrected chi connectivity index (χ2v) is 8.19. The van der Waals surface area contributed by atoms with Crippen molar-refractivity contribution in [2.45, 2.75) is 37.4 Å². The number of amides is 1. The van der Waals surface area contributed by atoms with Crippen molar-refractivity contribution in [3.63, 3.8) is 0 Å². The van der Waals surface area contributed by atoms with Gasteiger partial charge < -0.3 is 10.2 Å². The van der Waals surface area contributed by atoms with Crippen molar-refractivity contribution in [3.05, 3.63) is 90.0 Å². The second-order valence-electron chi connectivity index (χ2n) is 8.19. The van der Waals surface area contributed by atoms with Gasteiger partial charge in [0.2, 0.25) is 5.91 Å². The second kappa shape index (κ2) is 8.00. The van der Waals surface area contributed by atoms with Gasteiger partial charge in [0, 0.05) is 55.5 Å². The van der Waals surface area contributed by atoms with E-state index in [2.05, 4.69) is 34.6 Å². The van der Waals surface area contributed by atoms with Gasteiger partial charge in [-0.05, 0) is 41.3 Å². The number of carbonyl (C=O) groups excluding carboxylic acids is 1. The van der Waals surface area contributed by atoms with Crippen LogP contribution in [0.4, 0.5) is 4.39 Å². The Hall–Kier alpha value is -3.05. The maximum Gasteiger partial charge on any atom is 0.224 e. The Labute approximate surface area is 175 Å². The summed E-state index contributed by atoms with van der Waals surface area (Å²) in [4.78, 5) is 18.5. The average Bonchev–Trinajstić information content (AvgIpc) is 3.49. The number of nitrogens with zero attached hydrogens (tertiary/aromatic N) is 2. The van der Waals surface area contributed by atoms with Crippen molar-refractivity contribution in [2.24, 2.45) is 0 Å². The van der Waals surface area contributed by atoms with Gasteiger partial charge in [0.1, 0.15) is 5.82 Å². The Morgan fingerprint density at radius 2 is 1.83 bits per heavy atom. The van der Waals surface area contributed by atoms with Crippen molar-refractivity contribution in [3.8, 4) is 11.1 Å². The summed E-state index contributed by atoms with van der Waals surface area (Å²) in [5.41, 5.74) is 3.70. The lowest BCUT2D eigenvalue weighted by Gasteiger charge is -2.18. The van der Waals surface area contributed by atoms with E-state index < -0.39 is 0 Å². The smallest absolute Gasteiger partial charge is 0.224 e. The highest BCUT2D eigenvalue weighted by atomic mass is 19.1. The summed E-state index contributed by atoms with van der Waals surface area (Å²) in [5, 5.41) is 3.38. The van der Waals surface area contributed by atoms with Crippen molar-refractivity contribution in [1.29, 1.82) is 0 Å². The summed E-state index contributed by atoms with van der Waals surface area (Å²) in [5.74, 6) is 0.417. The van der Waals surface area contributed by atoms with Crippen molar-refractivity contribution >= 4 is 5.91 Å². The summed E-state index contributed by atoms with van der Waals surface area (Å²) in [6, 6.07) is 19.8. The number of hydrogen-bond donors (Lipinski definition) is 1. The van der Waals surface area contributed by atoms with E-state index in [0.29, 0.717) is 37.0 Å². The number of hydrogen-bond acceptors (Lipinski definition) is 3. The molecule has 1 aliphatic heterocycles. The van der Waals surface area contributed by atoms with E-state index in [-0.39, 0.29) is 17.8 Å². The van der Waals surface area contributed by atoms with Crippen LogP contribution in [-0.4, -0.2) is 34.4 Å². The van der Waals surface area contributed by atoms with Gasteiger partial charge in [-0.2, -0.15) is 0 Å². The molecule has 1 N–H and O–H groups in total. The normalized spacial score (nSPS) is 23.0. The fourth-order valence-electron chi connectivity index (χ4n) is 4.44. The lowest BCUT2D eigenvalue weighted by atomic mass is 10.0. The number of aromatic nitrogens is 1. The molecular formula is C25H24FN3O. The highest BCUT2D eigenvalue weighted by Gasteiger charge is 2.47. The molecule has 3 unspecified atom stereocenters. The number of benzene rings is 2. The topological polar surface area (TPSA) is 45.2 Å². The van der Waals surface area contributed by atoms with Gasteiger partial charge in [0.25, 0.3) is 0 Å². The molecule has 3 atom stereocenters. The summed E-state index contributed by atoms with van der Waals surface area (Å²) in [6.07, 6.45) is 4.92. The van der Waals surface area contributed by atoms with Crippen LogP contribution in [-0.2, 0) is 11.3 Å². The number of carbonyl (C=O) groups is 1. The summed E-state index contributed by atoms with van der Waals surface area (Å²) < 4.78 is 14.6. The van der Waals surface area contributed by atoms with E-state index in [1.54, 1.807) is 18.5 Å². The van der Waals surface area contributed by atoms with Crippen LogP contribution in [0.25, 0.3) is 11.1 Å².